The average molecular weight is 143 g/mol. The van der Waals surface area contributed by atoms with Gasteiger partial charge in [0.1, 0.15) is 0 Å². The van der Waals surface area contributed by atoms with Gasteiger partial charge < -0.3 is 5.32 Å². The first-order chi connectivity index (χ1) is 4.31. The summed E-state index contributed by atoms with van der Waals surface area (Å²) in [5.41, 5.74) is 0.767. The molecule has 0 aromatic heterocycles. The van der Waals surface area contributed by atoms with Crippen LogP contribution in [0.3, 0.4) is 0 Å². The molecule has 0 heterocycles. The zero-order valence-electron chi connectivity index (χ0n) is 5.29. The van der Waals surface area contributed by atoms with E-state index in [2.05, 4.69) is 14.6 Å². The summed E-state index contributed by atoms with van der Waals surface area (Å²) in [5.74, 6) is 0. The van der Waals surface area contributed by atoms with Crippen molar-refractivity contribution in [3.05, 3.63) is 23.7 Å². The third kappa shape index (κ3) is 5.25. The molecule has 0 aromatic carbocycles. The number of hydrogen-bond acceptors (Lipinski definition) is 1. The molecule has 3 heteroatoms. The Hall–Kier alpha value is -0.620. The molecule has 1 amide bonds. The molecule has 0 aliphatic heterocycles. The van der Waals surface area contributed by atoms with Gasteiger partial charge in [-0.15, -0.1) is 0 Å². The summed E-state index contributed by atoms with van der Waals surface area (Å²) in [5, 5.41) is 2.47. The normalized spacial score (nSPS) is 12.0. The van der Waals surface area contributed by atoms with Crippen molar-refractivity contribution in [1.29, 1.82) is 0 Å². The summed E-state index contributed by atoms with van der Waals surface area (Å²) in [4.78, 5) is 9.79. The predicted molar refractivity (Wildman–Crippen MR) is 41.8 cm³/mol. The van der Waals surface area contributed by atoms with E-state index in [9.17, 15) is 4.79 Å². The van der Waals surface area contributed by atoms with Crippen molar-refractivity contribution in [3.63, 3.8) is 0 Å². The molecule has 0 saturated carbocycles. The lowest BCUT2D eigenvalue weighted by atomic mass is 10.5. The Labute approximate surface area is 57.2 Å². The zero-order valence-corrected chi connectivity index (χ0v) is 6.45. The second-order valence-corrected chi connectivity index (χ2v) is 2.03. The van der Waals surface area contributed by atoms with Crippen LogP contribution in [-0.4, -0.2) is 6.41 Å². The fraction of sp³-hybridized carbons (Fsp3) is 0.167. The van der Waals surface area contributed by atoms with Gasteiger partial charge in [-0.2, -0.15) is 0 Å². The van der Waals surface area contributed by atoms with Crippen molar-refractivity contribution in [2.45, 2.75) is 6.92 Å². The zero-order chi connectivity index (χ0) is 7.11. The Balaban J connectivity index is 3.68. The first-order valence-corrected chi connectivity index (χ1v) is 3.17. The number of allylic oxidation sites excluding steroid dienone is 3. The van der Waals surface area contributed by atoms with Gasteiger partial charge in [0, 0.05) is 5.44 Å². The summed E-state index contributed by atoms with van der Waals surface area (Å²) in [6, 6.07) is 0. The summed E-state index contributed by atoms with van der Waals surface area (Å²) < 4.78 is 0. The van der Waals surface area contributed by atoms with Crippen LogP contribution in [0, 0.1) is 0 Å². The van der Waals surface area contributed by atoms with Crippen molar-refractivity contribution >= 4 is 15.6 Å². The highest BCUT2D eigenvalue weighted by atomic mass is 31.0. The van der Waals surface area contributed by atoms with Crippen LogP contribution >= 0.6 is 9.24 Å². The number of nitrogens with one attached hydrogen (secondary N) is 1. The molecular formula is C6H10NOP. The fourth-order valence-electron chi connectivity index (χ4n) is 0.316. The van der Waals surface area contributed by atoms with E-state index in [1.807, 2.05) is 19.1 Å². The summed E-state index contributed by atoms with van der Waals surface area (Å²) in [7, 11) is 2.40. The van der Waals surface area contributed by atoms with E-state index in [0.717, 1.165) is 5.44 Å². The second-order valence-electron chi connectivity index (χ2n) is 1.41. The molecule has 2 nitrogen and oxygen atoms in total. The van der Waals surface area contributed by atoms with Gasteiger partial charge in [0.25, 0.3) is 0 Å². The van der Waals surface area contributed by atoms with Crippen LogP contribution in [0.1, 0.15) is 6.92 Å². The minimum atomic E-state index is 0.641. The lowest BCUT2D eigenvalue weighted by Gasteiger charge is -1.91. The van der Waals surface area contributed by atoms with Crippen molar-refractivity contribution in [2.24, 2.45) is 0 Å². The van der Waals surface area contributed by atoms with Crippen LogP contribution in [0.15, 0.2) is 23.7 Å². The largest absolute Gasteiger partial charge is 0.329 e. The topological polar surface area (TPSA) is 29.1 Å². The smallest absolute Gasteiger partial charge is 0.211 e. The fourth-order valence-corrected chi connectivity index (χ4v) is 0.495. The van der Waals surface area contributed by atoms with Crippen molar-refractivity contribution in [1.82, 2.24) is 5.32 Å². The first kappa shape index (κ1) is 8.38. The maximum atomic E-state index is 9.79. The molecule has 0 aliphatic carbocycles. The number of rotatable bonds is 3. The molecule has 0 spiro atoms. The Morgan fingerprint density at radius 2 is 2.33 bits per heavy atom. The maximum Gasteiger partial charge on any atom is 0.211 e. The van der Waals surface area contributed by atoms with Gasteiger partial charge in [-0.25, -0.2) is 0 Å². The van der Waals surface area contributed by atoms with Crippen LogP contribution in [0.2, 0.25) is 0 Å². The number of amides is 1. The van der Waals surface area contributed by atoms with Gasteiger partial charge in [0.15, 0.2) is 0 Å². The van der Waals surface area contributed by atoms with E-state index in [-0.39, 0.29) is 0 Å². The lowest BCUT2D eigenvalue weighted by molar-refractivity contribution is -0.108. The summed E-state index contributed by atoms with van der Waals surface area (Å²) in [6.07, 6.45) is 6.16. The van der Waals surface area contributed by atoms with Gasteiger partial charge in [-0.3, -0.25) is 4.79 Å². The van der Waals surface area contributed by atoms with Gasteiger partial charge in [-0.1, -0.05) is 21.4 Å². The van der Waals surface area contributed by atoms with Crippen LogP contribution < -0.4 is 5.32 Å². The predicted octanol–water partition coefficient (Wildman–Crippen LogP) is 1.02. The molecular weight excluding hydrogens is 133 g/mol. The molecule has 1 N–H and O–H groups in total. The van der Waals surface area contributed by atoms with Gasteiger partial charge in [0.2, 0.25) is 6.41 Å². The molecule has 1 atom stereocenters. The third-order valence-electron chi connectivity index (χ3n) is 0.694. The number of hydrogen-bond donors (Lipinski definition) is 1. The standard InChI is InChI=1S/C6H10NOP/c1-2-3-4-6(9)7-5-8/h2-5H,9H2,1H3,(H,7,8)/b3-2-,6-4+. The quantitative estimate of drug-likeness (QED) is 0.357. The van der Waals surface area contributed by atoms with Crippen molar-refractivity contribution < 1.29 is 4.79 Å². The monoisotopic (exact) mass is 143 g/mol. The first-order valence-electron chi connectivity index (χ1n) is 2.60. The molecule has 0 aliphatic rings. The molecule has 0 radical (unpaired) electrons. The number of carbonyl (C=O) groups is 1. The lowest BCUT2D eigenvalue weighted by Crippen LogP contribution is -2.03. The van der Waals surface area contributed by atoms with Gasteiger partial charge >= 0.3 is 0 Å². The van der Waals surface area contributed by atoms with E-state index in [4.69, 9.17) is 0 Å². The highest BCUT2D eigenvalue weighted by molar-refractivity contribution is 7.22. The van der Waals surface area contributed by atoms with E-state index in [0.29, 0.717) is 6.41 Å². The second kappa shape index (κ2) is 5.52. The van der Waals surface area contributed by atoms with E-state index < -0.39 is 0 Å². The molecule has 0 saturated heterocycles. The molecule has 9 heavy (non-hydrogen) atoms. The van der Waals surface area contributed by atoms with Crippen LogP contribution in [0.5, 0.6) is 0 Å². The highest BCUT2D eigenvalue weighted by Crippen LogP contribution is 1.97. The van der Waals surface area contributed by atoms with Crippen LogP contribution in [0.25, 0.3) is 0 Å². The van der Waals surface area contributed by atoms with E-state index >= 15 is 0 Å². The average Bonchev–Trinajstić information content (AvgIpc) is 1.85. The van der Waals surface area contributed by atoms with Crippen LogP contribution in [0.4, 0.5) is 0 Å². The molecule has 50 valence electrons. The minimum absolute atomic E-state index is 0.641. The van der Waals surface area contributed by atoms with Crippen molar-refractivity contribution in [2.75, 3.05) is 0 Å². The van der Waals surface area contributed by atoms with Crippen molar-refractivity contribution in [3.8, 4) is 0 Å². The highest BCUT2D eigenvalue weighted by Gasteiger charge is 1.77. The molecule has 0 aromatic rings. The molecule has 1 unspecified atom stereocenters. The Kier molecular flexibility index (Phi) is 5.14. The Morgan fingerprint density at radius 3 is 2.78 bits per heavy atom. The van der Waals surface area contributed by atoms with Gasteiger partial charge in [0.05, 0.1) is 0 Å². The summed E-state index contributed by atoms with van der Waals surface area (Å²) in [6.45, 7) is 1.91. The van der Waals surface area contributed by atoms with E-state index in [1.54, 1.807) is 6.08 Å². The minimum Gasteiger partial charge on any atom is -0.329 e. The van der Waals surface area contributed by atoms with E-state index in [1.165, 1.54) is 0 Å². The molecule has 0 rings (SSSR count). The number of carbonyl (C=O) groups excluding carboxylic acids is 1. The Bertz CT molecular complexity index is 140. The molecule has 0 fully saturated rings. The third-order valence-corrected chi connectivity index (χ3v) is 1.05. The molecule has 0 bridgehead atoms. The van der Waals surface area contributed by atoms with Gasteiger partial charge in [-0.05, 0) is 13.0 Å². The Morgan fingerprint density at radius 1 is 1.67 bits per heavy atom. The summed E-state index contributed by atoms with van der Waals surface area (Å²) >= 11 is 0. The van der Waals surface area contributed by atoms with Crippen LogP contribution in [-0.2, 0) is 4.79 Å². The maximum absolute atomic E-state index is 9.79. The SMILES string of the molecule is C/C=C\C=C(\P)NC=O.